The van der Waals surface area contributed by atoms with Crippen molar-refractivity contribution < 1.29 is 9.59 Å². The zero-order valence-corrected chi connectivity index (χ0v) is 14.3. The summed E-state index contributed by atoms with van der Waals surface area (Å²) in [6.45, 7) is 1.58. The molecule has 1 aliphatic rings. The molecule has 0 aromatic heterocycles. The highest BCUT2D eigenvalue weighted by Crippen LogP contribution is 2.29. The Bertz CT molecular complexity index is 806. The first-order chi connectivity index (χ1) is 12.1. The predicted octanol–water partition coefficient (Wildman–Crippen LogP) is 2.93. The molecule has 3 rings (SSSR count). The highest BCUT2D eigenvalue weighted by atomic mass is 35.5. The van der Waals surface area contributed by atoms with Crippen LogP contribution in [0.15, 0.2) is 54.6 Å². The number of hydrogen-bond acceptors (Lipinski definition) is 3. The highest BCUT2D eigenvalue weighted by molar-refractivity contribution is 6.33. The number of carbonyl (C=O) groups is 2. The van der Waals surface area contributed by atoms with Crippen LogP contribution in [-0.2, 0) is 9.59 Å². The first-order valence-electron chi connectivity index (χ1n) is 7.97. The monoisotopic (exact) mass is 355 g/mol. The molecule has 0 spiro atoms. The number of hydrogen-bond donors (Lipinski definition) is 2. The average molecular weight is 356 g/mol. The summed E-state index contributed by atoms with van der Waals surface area (Å²) in [5.74, 6) is -0.254. The zero-order chi connectivity index (χ0) is 17.6. The number of halogens is 1. The van der Waals surface area contributed by atoms with Crippen LogP contribution in [0, 0.1) is 0 Å². The van der Waals surface area contributed by atoms with E-state index in [-0.39, 0.29) is 18.4 Å². The average Bonchev–Trinajstić information content (AvgIpc) is 2.61. The predicted molar refractivity (Wildman–Crippen MR) is 101 cm³/mol. The van der Waals surface area contributed by atoms with E-state index in [0.717, 1.165) is 11.3 Å². The van der Waals surface area contributed by atoms with Crippen LogP contribution in [0.25, 0.3) is 6.08 Å². The van der Waals surface area contributed by atoms with Crippen molar-refractivity contribution >= 4 is 40.9 Å². The lowest BCUT2D eigenvalue weighted by Crippen LogP contribution is -2.47. The first-order valence-corrected chi connectivity index (χ1v) is 8.35. The topological polar surface area (TPSA) is 61.4 Å². The summed E-state index contributed by atoms with van der Waals surface area (Å²) in [5, 5.41) is 6.06. The Kier molecular flexibility index (Phi) is 5.36. The van der Waals surface area contributed by atoms with Crippen molar-refractivity contribution in [2.45, 2.75) is 0 Å². The van der Waals surface area contributed by atoms with Crippen LogP contribution in [0.3, 0.4) is 0 Å². The Morgan fingerprint density at radius 1 is 1.20 bits per heavy atom. The van der Waals surface area contributed by atoms with Crippen molar-refractivity contribution in [2.24, 2.45) is 0 Å². The lowest BCUT2D eigenvalue weighted by molar-refractivity contribution is -0.120. The fourth-order valence-electron chi connectivity index (χ4n) is 2.61. The fourth-order valence-corrected chi connectivity index (χ4v) is 2.91. The van der Waals surface area contributed by atoms with Gasteiger partial charge in [0.2, 0.25) is 11.8 Å². The Hall–Kier alpha value is -2.79. The molecule has 6 heteroatoms. The molecule has 0 unspecified atom stereocenters. The third kappa shape index (κ3) is 4.61. The largest absolute Gasteiger partial charge is 0.359 e. The van der Waals surface area contributed by atoms with Crippen LogP contribution >= 0.6 is 11.6 Å². The van der Waals surface area contributed by atoms with E-state index in [9.17, 15) is 9.59 Å². The minimum Gasteiger partial charge on any atom is -0.359 e. The van der Waals surface area contributed by atoms with E-state index in [4.69, 9.17) is 11.6 Å². The Balaban J connectivity index is 1.65. The summed E-state index contributed by atoms with van der Waals surface area (Å²) >= 11 is 6.32. The Morgan fingerprint density at radius 3 is 2.72 bits per heavy atom. The number of nitrogens with one attached hydrogen (secondary N) is 2. The maximum absolute atomic E-state index is 12.0. The van der Waals surface area contributed by atoms with Crippen molar-refractivity contribution in [3.63, 3.8) is 0 Å². The standard InChI is InChI=1S/C19H18ClN3O2/c20-16-12-15(7-8-17(16)23-11-10-21-19(25)13-23)22-18(24)9-6-14-4-2-1-3-5-14/h1-9,12H,10-11,13H2,(H,21,25)(H,22,24). The number of rotatable bonds is 4. The lowest BCUT2D eigenvalue weighted by Gasteiger charge is -2.29. The molecule has 5 nitrogen and oxygen atoms in total. The normalized spacial score (nSPS) is 14.4. The number of benzene rings is 2. The molecular formula is C19H18ClN3O2. The second-order valence-electron chi connectivity index (χ2n) is 5.67. The van der Waals surface area contributed by atoms with Gasteiger partial charge >= 0.3 is 0 Å². The summed E-state index contributed by atoms with van der Waals surface area (Å²) in [5.41, 5.74) is 2.35. The van der Waals surface area contributed by atoms with E-state index >= 15 is 0 Å². The second kappa shape index (κ2) is 7.85. The zero-order valence-electron chi connectivity index (χ0n) is 13.5. The van der Waals surface area contributed by atoms with Crippen molar-refractivity contribution in [3.8, 4) is 0 Å². The molecule has 0 radical (unpaired) electrons. The minimum atomic E-state index is -0.231. The SMILES string of the molecule is O=C(C=Cc1ccccc1)Nc1ccc(N2CCNC(=O)C2)c(Cl)c1. The Labute approximate surface area is 151 Å². The van der Waals surface area contributed by atoms with Crippen LogP contribution in [0.1, 0.15) is 5.56 Å². The molecule has 1 aliphatic heterocycles. The quantitative estimate of drug-likeness (QED) is 0.829. The van der Waals surface area contributed by atoms with Crippen LogP contribution in [0.4, 0.5) is 11.4 Å². The number of piperazine rings is 1. The van der Waals surface area contributed by atoms with Crippen LogP contribution in [-0.4, -0.2) is 31.4 Å². The van der Waals surface area contributed by atoms with E-state index in [2.05, 4.69) is 10.6 Å². The summed E-state index contributed by atoms with van der Waals surface area (Å²) in [7, 11) is 0. The summed E-state index contributed by atoms with van der Waals surface area (Å²) in [4.78, 5) is 25.4. The number of carbonyl (C=O) groups excluding carboxylic acids is 2. The van der Waals surface area contributed by atoms with Crippen molar-refractivity contribution in [1.29, 1.82) is 0 Å². The smallest absolute Gasteiger partial charge is 0.248 e. The number of nitrogens with zero attached hydrogens (tertiary/aromatic N) is 1. The maximum Gasteiger partial charge on any atom is 0.248 e. The highest BCUT2D eigenvalue weighted by Gasteiger charge is 2.18. The van der Waals surface area contributed by atoms with Crippen LogP contribution < -0.4 is 15.5 Å². The molecule has 25 heavy (non-hydrogen) atoms. The molecule has 2 aromatic carbocycles. The number of anilines is 2. The maximum atomic E-state index is 12.0. The van der Waals surface area contributed by atoms with E-state index in [1.54, 1.807) is 18.2 Å². The van der Waals surface area contributed by atoms with Crippen LogP contribution in [0.2, 0.25) is 5.02 Å². The molecule has 1 fully saturated rings. The first kappa shape index (κ1) is 17.0. The molecule has 1 saturated heterocycles. The Morgan fingerprint density at radius 2 is 2.00 bits per heavy atom. The molecule has 2 amide bonds. The third-order valence-corrected chi connectivity index (χ3v) is 4.12. The second-order valence-corrected chi connectivity index (χ2v) is 6.08. The third-order valence-electron chi connectivity index (χ3n) is 3.82. The van der Waals surface area contributed by atoms with Gasteiger partial charge < -0.3 is 15.5 Å². The molecule has 128 valence electrons. The van der Waals surface area contributed by atoms with Crippen molar-refractivity contribution in [2.75, 3.05) is 29.9 Å². The molecule has 1 heterocycles. The van der Waals surface area contributed by atoms with Gasteiger partial charge in [0.15, 0.2) is 0 Å². The number of amides is 2. The summed E-state index contributed by atoms with van der Waals surface area (Å²) in [6.07, 6.45) is 3.23. The van der Waals surface area contributed by atoms with Gasteiger partial charge in [-0.05, 0) is 29.8 Å². The molecule has 2 aromatic rings. The summed E-state index contributed by atoms with van der Waals surface area (Å²) < 4.78 is 0. The molecule has 0 bridgehead atoms. The van der Waals surface area contributed by atoms with E-state index in [0.29, 0.717) is 23.8 Å². The fraction of sp³-hybridized carbons (Fsp3) is 0.158. The van der Waals surface area contributed by atoms with Crippen molar-refractivity contribution in [3.05, 3.63) is 65.2 Å². The molecular weight excluding hydrogens is 338 g/mol. The van der Waals surface area contributed by atoms with Gasteiger partial charge in [0.25, 0.3) is 0 Å². The van der Waals surface area contributed by atoms with Gasteiger partial charge in [0.05, 0.1) is 17.3 Å². The van der Waals surface area contributed by atoms with Crippen molar-refractivity contribution in [1.82, 2.24) is 5.32 Å². The van der Waals surface area contributed by atoms with Gasteiger partial charge in [-0.3, -0.25) is 9.59 Å². The molecule has 0 saturated carbocycles. The summed E-state index contributed by atoms with van der Waals surface area (Å²) in [6, 6.07) is 14.9. The van der Waals surface area contributed by atoms with E-state index in [1.165, 1.54) is 6.08 Å². The van der Waals surface area contributed by atoms with Crippen LogP contribution in [0.5, 0.6) is 0 Å². The molecule has 0 atom stereocenters. The van der Waals surface area contributed by atoms with Gasteiger partial charge in [0.1, 0.15) is 0 Å². The van der Waals surface area contributed by atoms with Gasteiger partial charge in [0, 0.05) is 24.9 Å². The molecule has 0 aliphatic carbocycles. The molecule has 2 N–H and O–H groups in total. The lowest BCUT2D eigenvalue weighted by atomic mass is 10.2. The van der Waals surface area contributed by atoms with Gasteiger partial charge in [-0.1, -0.05) is 41.9 Å². The van der Waals surface area contributed by atoms with Gasteiger partial charge in [-0.2, -0.15) is 0 Å². The van der Waals surface area contributed by atoms with E-state index in [1.807, 2.05) is 41.3 Å². The van der Waals surface area contributed by atoms with Gasteiger partial charge in [-0.15, -0.1) is 0 Å². The minimum absolute atomic E-state index is 0.0225. The van der Waals surface area contributed by atoms with E-state index < -0.39 is 0 Å². The van der Waals surface area contributed by atoms with Gasteiger partial charge in [-0.25, -0.2) is 0 Å².